The molecule has 4 aromatic rings. The summed E-state index contributed by atoms with van der Waals surface area (Å²) in [7, 11) is 0. The molecular formula is C33H36O2. The predicted octanol–water partition coefficient (Wildman–Crippen LogP) is 8.90. The van der Waals surface area contributed by atoms with Crippen molar-refractivity contribution in [3.63, 3.8) is 0 Å². The van der Waals surface area contributed by atoms with Crippen LogP contribution in [0, 0.1) is 23.7 Å². The Morgan fingerprint density at radius 1 is 0.657 bits per heavy atom. The molecule has 0 spiro atoms. The Morgan fingerprint density at radius 3 is 1.69 bits per heavy atom. The summed E-state index contributed by atoms with van der Waals surface area (Å²) in [5.74, 6) is 4.75. The van der Waals surface area contributed by atoms with Gasteiger partial charge >= 0.3 is 0 Å². The zero-order valence-corrected chi connectivity index (χ0v) is 21.0. The SMILES string of the molecule is CCC(C)C1CCC(C2COc3ccc4ccccc4c3-c3c(ccc4ccccc34)OC2)CC1. The molecule has 1 atom stereocenters. The number of ether oxygens (including phenoxy) is 2. The Kier molecular flexibility index (Phi) is 6.14. The first-order chi connectivity index (χ1) is 17.2. The van der Waals surface area contributed by atoms with Crippen LogP contribution in [0.2, 0.25) is 0 Å². The average Bonchev–Trinajstić information content (AvgIpc) is 3.00. The summed E-state index contributed by atoms with van der Waals surface area (Å²) in [6, 6.07) is 26.0. The lowest BCUT2D eigenvalue weighted by atomic mass is 9.72. The molecule has 0 saturated heterocycles. The van der Waals surface area contributed by atoms with Crippen molar-refractivity contribution in [2.45, 2.75) is 46.0 Å². The number of benzene rings is 4. The van der Waals surface area contributed by atoms with Crippen LogP contribution in [0.5, 0.6) is 11.5 Å². The van der Waals surface area contributed by atoms with Crippen molar-refractivity contribution in [2.75, 3.05) is 13.2 Å². The monoisotopic (exact) mass is 464 g/mol. The van der Waals surface area contributed by atoms with Gasteiger partial charge in [-0.05, 0) is 77.1 Å². The van der Waals surface area contributed by atoms with Gasteiger partial charge in [-0.2, -0.15) is 0 Å². The lowest BCUT2D eigenvalue weighted by Gasteiger charge is -2.35. The third-order valence-electron chi connectivity index (χ3n) is 8.87. The van der Waals surface area contributed by atoms with Crippen molar-refractivity contribution in [3.05, 3.63) is 72.8 Å². The first kappa shape index (κ1) is 22.5. The van der Waals surface area contributed by atoms with Crippen LogP contribution in [-0.2, 0) is 0 Å². The van der Waals surface area contributed by atoms with Gasteiger partial charge in [0.15, 0.2) is 0 Å². The Morgan fingerprint density at radius 2 is 1.17 bits per heavy atom. The van der Waals surface area contributed by atoms with E-state index in [0.717, 1.165) is 47.7 Å². The molecule has 1 fully saturated rings. The molecule has 0 aromatic heterocycles. The number of rotatable bonds is 3. The number of hydrogen-bond donors (Lipinski definition) is 0. The molecule has 1 saturated carbocycles. The van der Waals surface area contributed by atoms with E-state index in [0.29, 0.717) is 11.8 Å². The molecule has 1 unspecified atom stereocenters. The molecule has 4 aromatic carbocycles. The molecule has 6 rings (SSSR count). The van der Waals surface area contributed by atoms with Gasteiger partial charge in [0.2, 0.25) is 0 Å². The standard InChI is InChI=1S/C33H36O2/c1-3-22(2)23-12-14-24(15-13-23)27-20-34-30-18-16-25-8-4-6-10-28(25)32(30)33-29-11-7-5-9-26(29)17-19-31(33)35-21-27/h4-11,16-19,22-24,27H,3,12-15,20-21H2,1-2H3. The second-order valence-electron chi connectivity index (χ2n) is 10.8. The van der Waals surface area contributed by atoms with Crippen molar-refractivity contribution in [2.24, 2.45) is 23.7 Å². The van der Waals surface area contributed by atoms with Crippen molar-refractivity contribution in [1.82, 2.24) is 0 Å². The summed E-state index contributed by atoms with van der Waals surface area (Å²) in [4.78, 5) is 0. The van der Waals surface area contributed by atoms with Gasteiger partial charge in [-0.15, -0.1) is 0 Å². The Balaban J connectivity index is 1.42. The number of hydrogen-bond acceptors (Lipinski definition) is 2. The maximum atomic E-state index is 6.70. The van der Waals surface area contributed by atoms with Crippen molar-refractivity contribution in [1.29, 1.82) is 0 Å². The molecule has 0 radical (unpaired) electrons. The maximum Gasteiger partial charge on any atom is 0.127 e. The Bertz CT molecular complexity index is 1240. The second kappa shape index (κ2) is 9.57. The highest BCUT2D eigenvalue weighted by Gasteiger charge is 2.32. The van der Waals surface area contributed by atoms with E-state index in [9.17, 15) is 0 Å². The zero-order chi connectivity index (χ0) is 23.8. The molecule has 2 heteroatoms. The molecule has 180 valence electrons. The summed E-state index contributed by atoms with van der Waals surface area (Å²) in [6.45, 7) is 6.20. The third-order valence-corrected chi connectivity index (χ3v) is 8.87. The van der Waals surface area contributed by atoms with Crippen molar-refractivity contribution < 1.29 is 9.47 Å². The fraction of sp³-hybridized carbons (Fsp3) is 0.394. The van der Waals surface area contributed by atoms with Crippen molar-refractivity contribution in [3.8, 4) is 22.6 Å². The fourth-order valence-corrected chi connectivity index (χ4v) is 6.49. The van der Waals surface area contributed by atoms with Gasteiger partial charge in [0.05, 0.1) is 13.2 Å². The van der Waals surface area contributed by atoms with E-state index >= 15 is 0 Å². The van der Waals surface area contributed by atoms with Gasteiger partial charge in [-0.1, -0.05) is 80.9 Å². The van der Waals surface area contributed by atoms with Gasteiger partial charge in [0.1, 0.15) is 11.5 Å². The summed E-state index contributed by atoms with van der Waals surface area (Å²) < 4.78 is 13.4. The first-order valence-electron chi connectivity index (χ1n) is 13.5. The molecule has 0 bridgehead atoms. The second-order valence-corrected chi connectivity index (χ2v) is 10.8. The molecule has 1 aliphatic carbocycles. The smallest absolute Gasteiger partial charge is 0.127 e. The lowest BCUT2D eigenvalue weighted by molar-refractivity contribution is 0.0902. The average molecular weight is 465 g/mol. The van der Waals surface area contributed by atoms with E-state index in [1.54, 1.807) is 0 Å². The molecule has 2 aliphatic rings. The lowest BCUT2D eigenvalue weighted by Crippen LogP contribution is -2.31. The highest BCUT2D eigenvalue weighted by molar-refractivity contribution is 6.09. The predicted molar refractivity (Wildman–Crippen MR) is 146 cm³/mol. The topological polar surface area (TPSA) is 18.5 Å². The quantitative estimate of drug-likeness (QED) is 0.301. The minimum Gasteiger partial charge on any atom is -0.492 e. The van der Waals surface area contributed by atoms with E-state index in [1.807, 2.05) is 0 Å². The van der Waals surface area contributed by atoms with Gasteiger partial charge in [0.25, 0.3) is 0 Å². The number of fused-ring (bicyclic) bond motifs is 7. The molecule has 0 N–H and O–H groups in total. The van der Waals surface area contributed by atoms with Gasteiger partial charge in [-0.3, -0.25) is 0 Å². The van der Waals surface area contributed by atoms with Gasteiger partial charge in [-0.25, -0.2) is 0 Å². The molecule has 0 amide bonds. The van der Waals surface area contributed by atoms with Gasteiger partial charge < -0.3 is 9.47 Å². The van der Waals surface area contributed by atoms with E-state index in [4.69, 9.17) is 9.47 Å². The Hall–Kier alpha value is -3.00. The van der Waals surface area contributed by atoms with E-state index in [-0.39, 0.29) is 0 Å². The van der Waals surface area contributed by atoms with E-state index in [1.165, 1.54) is 53.6 Å². The molecule has 35 heavy (non-hydrogen) atoms. The highest BCUT2D eigenvalue weighted by atomic mass is 16.5. The molecular weight excluding hydrogens is 428 g/mol. The first-order valence-corrected chi connectivity index (χ1v) is 13.5. The van der Waals surface area contributed by atoms with Crippen molar-refractivity contribution >= 4 is 21.5 Å². The molecule has 2 nitrogen and oxygen atoms in total. The van der Waals surface area contributed by atoms with Crippen LogP contribution < -0.4 is 9.47 Å². The third kappa shape index (κ3) is 4.18. The Labute approximate surface area is 209 Å². The summed E-state index contributed by atoms with van der Waals surface area (Å²) in [5, 5.41) is 4.90. The minimum atomic E-state index is 0.407. The van der Waals surface area contributed by atoms with Gasteiger partial charge in [0, 0.05) is 17.0 Å². The van der Waals surface area contributed by atoms with Crippen LogP contribution in [-0.4, -0.2) is 13.2 Å². The maximum absolute atomic E-state index is 6.70. The molecule has 1 heterocycles. The highest BCUT2D eigenvalue weighted by Crippen LogP contribution is 2.47. The van der Waals surface area contributed by atoms with E-state index in [2.05, 4.69) is 86.6 Å². The van der Waals surface area contributed by atoms with Crippen LogP contribution >= 0.6 is 0 Å². The molecule has 1 aliphatic heterocycles. The van der Waals surface area contributed by atoms with E-state index < -0.39 is 0 Å². The summed E-state index contributed by atoms with van der Waals surface area (Å²) in [6.07, 6.45) is 6.57. The summed E-state index contributed by atoms with van der Waals surface area (Å²) >= 11 is 0. The van der Waals surface area contributed by atoms with Crippen LogP contribution in [0.25, 0.3) is 32.7 Å². The van der Waals surface area contributed by atoms with Crippen LogP contribution in [0.15, 0.2) is 72.8 Å². The largest absolute Gasteiger partial charge is 0.492 e. The van der Waals surface area contributed by atoms with Crippen LogP contribution in [0.3, 0.4) is 0 Å². The fourth-order valence-electron chi connectivity index (χ4n) is 6.49. The van der Waals surface area contributed by atoms with Crippen LogP contribution in [0.1, 0.15) is 46.0 Å². The normalized spacial score (nSPS) is 21.7. The summed E-state index contributed by atoms with van der Waals surface area (Å²) in [5.41, 5.74) is 2.33. The zero-order valence-electron chi connectivity index (χ0n) is 21.0. The minimum absolute atomic E-state index is 0.407. The van der Waals surface area contributed by atoms with Crippen LogP contribution in [0.4, 0.5) is 0 Å².